The molecule has 4 nitrogen and oxygen atoms in total. The Morgan fingerprint density at radius 2 is 1.84 bits per heavy atom. The molecule has 138 valence electrons. The Kier molecular flexibility index (Phi) is 3.90. The number of rotatable bonds is 1. The molecule has 0 radical (unpaired) electrons. The summed E-state index contributed by atoms with van der Waals surface area (Å²) in [6.07, 6.45) is 6.55. The van der Waals surface area contributed by atoms with Crippen molar-refractivity contribution in [2.24, 2.45) is 40.4 Å². The number of Topliss-reactive ketones (excluding diaryl/α,β-unsaturated/α-hetero) is 2. The number of carbonyl (C=O) groups is 3. The van der Waals surface area contributed by atoms with Crippen LogP contribution in [-0.2, 0) is 19.1 Å². The van der Waals surface area contributed by atoms with Crippen LogP contribution in [0.4, 0.5) is 0 Å². The van der Waals surface area contributed by atoms with Gasteiger partial charge in [-0.1, -0.05) is 13.8 Å². The molecule has 0 amide bonds. The van der Waals surface area contributed by atoms with Crippen molar-refractivity contribution in [2.45, 2.75) is 65.2 Å². The molecule has 4 aliphatic rings. The molecule has 0 spiro atoms. The van der Waals surface area contributed by atoms with E-state index in [1.807, 2.05) is 0 Å². The van der Waals surface area contributed by atoms with E-state index in [0.29, 0.717) is 48.6 Å². The lowest BCUT2D eigenvalue weighted by atomic mass is 9.43. The van der Waals surface area contributed by atoms with Crippen molar-refractivity contribution in [1.82, 2.24) is 0 Å². The second-order valence-electron chi connectivity index (χ2n) is 9.52. The molecule has 7 atom stereocenters. The van der Waals surface area contributed by atoms with E-state index in [2.05, 4.69) is 13.8 Å². The van der Waals surface area contributed by atoms with Crippen molar-refractivity contribution in [1.29, 1.82) is 0 Å². The fraction of sp³-hybridized carbons (Fsp3) is 0.857. The standard InChI is InChI=1S/C21H30O4/c1-20-8-6-13(22)10-12(20)11-14(19(24)25-3)18-15-4-5-17(23)21(15,2)9-7-16(18)20/h12,14-16,18H,4-11H2,1-3H3/t12?,14?,15-,16+,18-,20-,21-/m0/s1. The number of ether oxygens (including phenoxy) is 1. The molecule has 0 aromatic carbocycles. The van der Waals surface area contributed by atoms with Crippen LogP contribution in [0.3, 0.4) is 0 Å². The molecule has 4 aliphatic carbocycles. The number of ketones is 2. The van der Waals surface area contributed by atoms with Gasteiger partial charge in [0, 0.05) is 24.7 Å². The average molecular weight is 346 g/mol. The molecule has 0 aliphatic heterocycles. The van der Waals surface area contributed by atoms with Crippen molar-refractivity contribution in [3.05, 3.63) is 0 Å². The third-order valence-electron chi connectivity index (χ3n) is 8.74. The molecule has 0 N–H and O–H groups in total. The van der Waals surface area contributed by atoms with Crippen LogP contribution in [0.1, 0.15) is 65.2 Å². The number of carbonyl (C=O) groups excluding carboxylic acids is 3. The van der Waals surface area contributed by atoms with Crippen LogP contribution in [-0.4, -0.2) is 24.6 Å². The first-order valence-electron chi connectivity index (χ1n) is 9.94. The van der Waals surface area contributed by atoms with E-state index in [9.17, 15) is 14.4 Å². The lowest BCUT2D eigenvalue weighted by Gasteiger charge is -2.61. The van der Waals surface area contributed by atoms with Gasteiger partial charge in [-0.3, -0.25) is 14.4 Å². The predicted octanol–water partition coefficient (Wildman–Crippen LogP) is 3.57. The van der Waals surface area contributed by atoms with Crippen LogP contribution in [0.25, 0.3) is 0 Å². The molecule has 0 aromatic heterocycles. The third-order valence-corrected chi connectivity index (χ3v) is 8.74. The number of hydrogen-bond donors (Lipinski definition) is 0. The molecular weight excluding hydrogens is 316 g/mol. The van der Waals surface area contributed by atoms with Crippen LogP contribution in [0.5, 0.6) is 0 Å². The molecule has 0 heterocycles. The summed E-state index contributed by atoms with van der Waals surface area (Å²) in [6, 6.07) is 0. The molecule has 0 saturated heterocycles. The average Bonchev–Trinajstić information content (AvgIpc) is 2.89. The van der Waals surface area contributed by atoms with Gasteiger partial charge in [-0.15, -0.1) is 0 Å². The van der Waals surface area contributed by atoms with Gasteiger partial charge in [-0.2, -0.15) is 0 Å². The second kappa shape index (κ2) is 5.65. The van der Waals surface area contributed by atoms with Gasteiger partial charge in [0.25, 0.3) is 0 Å². The van der Waals surface area contributed by atoms with E-state index in [4.69, 9.17) is 4.74 Å². The lowest BCUT2D eigenvalue weighted by molar-refractivity contribution is -0.175. The van der Waals surface area contributed by atoms with E-state index in [-0.39, 0.29) is 28.6 Å². The highest BCUT2D eigenvalue weighted by molar-refractivity contribution is 5.87. The Labute approximate surface area is 150 Å². The quantitative estimate of drug-likeness (QED) is 0.681. The summed E-state index contributed by atoms with van der Waals surface area (Å²) in [4.78, 5) is 37.3. The Balaban J connectivity index is 1.75. The number of hydrogen-bond acceptors (Lipinski definition) is 4. The fourth-order valence-corrected chi connectivity index (χ4v) is 7.23. The van der Waals surface area contributed by atoms with Gasteiger partial charge >= 0.3 is 5.97 Å². The summed E-state index contributed by atoms with van der Waals surface area (Å²) in [5.74, 6) is 1.75. The highest BCUT2D eigenvalue weighted by Crippen LogP contribution is 2.66. The Morgan fingerprint density at radius 3 is 2.56 bits per heavy atom. The summed E-state index contributed by atoms with van der Waals surface area (Å²) < 4.78 is 5.18. The molecule has 2 unspecified atom stereocenters. The SMILES string of the molecule is COC(=O)C1CC2CC(=O)CC[C@]2(C)[C@@H]2CC[C@]3(C)C(=O)CC[C@H]3[C@H]12. The molecule has 4 rings (SSSR count). The van der Waals surface area contributed by atoms with Gasteiger partial charge < -0.3 is 4.74 Å². The summed E-state index contributed by atoms with van der Waals surface area (Å²) in [5, 5.41) is 0. The Hall–Kier alpha value is -1.19. The molecule has 0 bridgehead atoms. The van der Waals surface area contributed by atoms with E-state index in [1.54, 1.807) is 0 Å². The van der Waals surface area contributed by atoms with Gasteiger partial charge in [0.2, 0.25) is 0 Å². The van der Waals surface area contributed by atoms with Gasteiger partial charge in [0.15, 0.2) is 0 Å². The summed E-state index contributed by atoms with van der Waals surface area (Å²) >= 11 is 0. The van der Waals surface area contributed by atoms with E-state index in [1.165, 1.54) is 7.11 Å². The van der Waals surface area contributed by atoms with Crippen molar-refractivity contribution in [3.8, 4) is 0 Å². The zero-order valence-corrected chi connectivity index (χ0v) is 15.7. The maximum absolute atomic E-state index is 12.7. The number of fused-ring (bicyclic) bond motifs is 5. The maximum atomic E-state index is 12.7. The predicted molar refractivity (Wildman–Crippen MR) is 92.6 cm³/mol. The van der Waals surface area contributed by atoms with Gasteiger partial charge in [-0.05, 0) is 61.2 Å². The van der Waals surface area contributed by atoms with Crippen LogP contribution in [0.15, 0.2) is 0 Å². The third kappa shape index (κ3) is 2.28. The first kappa shape index (κ1) is 17.2. The highest BCUT2D eigenvalue weighted by atomic mass is 16.5. The Bertz CT molecular complexity index is 625. The maximum Gasteiger partial charge on any atom is 0.308 e. The van der Waals surface area contributed by atoms with E-state index in [0.717, 1.165) is 32.1 Å². The minimum atomic E-state index is -0.249. The van der Waals surface area contributed by atoms with E-state index < -0.39 is 0 Å². The highest BCUT2D eigenvalue weighted by Gasteiger charge is 2.63. The first-order chi connectivity index (χ1) is 11.8. The number of esters is 1. The minimum absolute atomic E-state index is 0.126. The molecule has 0 aromatic rings. The van der Waals surface area contributed by atoms with Crippen LogP contribution >= 0.6 is 0 Å². The van der Waals surface area contributed by atoms with Gasteiger partial charge in [0.1, 0.15) is 11.6 Å². The van der Waals surface area contributed by atoms with Crippen molar-refractivity contribution in [2.75, 3.05) is 7.11 Å². The molecule has 4 heteroatoms. The van der Waals surface area contributed by atoms with Crippen LogP contribution in [0, 0.1) is 40.4 Å². The van der Waals surface area contributed by atoms with Gasteiger partial charge in [0.05, 0.1) is 13.0 Å². The fourth-order valence-electron chi connectivity index (χ4n) is 7.23. The molecular formula is C21H30O4. The van der Waals surface area contributed by atoms with Gasteiger partial charge in [-0.25, -0.2) is 0 Å². The topological polar surface area (TPSA) is 60.4 Å². The van der Waals surface area contributed by atoms with Crippen LogP contribution in [0.2, 0.25) is 0 Å². The largest absolute Gasteiger partial charge is 0.469 e. The summed E-state index contributed by atoms with van der Waals surface area (Å²) in [5.41, 5.74) is -0.114. The molecule has 4 fully saturated rings. The van der Waals surface area contributed by atoms with Crippen molar-refractivity contribution >= 4 is 17.5 Å². The van der Waals surface area contributed by atoms with Crippen molar-refractivity contribution < 1.29 is 19.1 Å². The minimum Gasteiger partial charge on any atom is -0.469 e. The second-order valence-corrected chi connectivity index (χ2v) is 9.52. The zero-order chi connectivity index (χ0) is 18.0. The first-order valence-corrected chi connectivity index (χ1v) is 9.94. The normalized spacial score (nSPS) is 49.2. The summed E-state index contributed by atoms with van der Waals surface area (Å²) in [7, 11) is 1.47. The van der Waals surface area contributed by atoms with Crippen LogP contribution < -0.4 is 0 Å². The van der Waals surface area contributed by atoms with Crippen molar-refractivity contribution in [3.63, 3.8) is 0 Å². The molecule has 4 saturated carbocycles. The zero-order valence-electron chi connectivity index (χ0n) is 15.7. The summed E-state index contributed by atoms with van der Waals surface area (Å²) in [6.45, 7) is 4.49. The Morgan fingerprint density at radius 1 is 1.08 bits per heavy atom. The lowest BCUT2D eigenvalue weighted by Crippen LogP contribution is -2.58. The smallest absolute Gasteiger partial charge is 0.308 e. The monoisotopic (exact) mass is 346 g/mol. The van der Waals surface area contributed by atoms with E-state index >= 15 is 0 Å². The number of methoxy groups -OCH3 is 1. The molecule has 25 heavy (non-hydrogen) atoms.